The van der Waals surface area contributed by atoms with Crippen molar-refractivity contribution in [3.63, 3.8) is 0 Å². The van der Waals surface area contributed by atoms with Crippen LogP contribution in [0.4, 0.5) is 5.00 Å². The Morgan fingerprint density at radius 2 is 1.87 bits per heavy atom. The fraction of sp³-hybridized carbons (Fsp3) is 0.368. The maximum absolute atomic E-state index is 13.1. The standard InChI is InChI=1S/C19H21ClN2O6S2/c1-11-9-22(10-12(2)28-11)30(25,26)16-8-13(4-5-14(16)20)18(23)21-17-7-6-15(29-17)19(24)27-3/h4-8,11-12H,9-10H2,1-3H3,(H,21,23)/t11-,12-/m1/s1. The van der Waals surface area contributed by atoms with Gasteiger partial charge in [0.25, 0.3) is 5.91 Å². The van der Waals surface area contributed by atoms with Gasteiger partial charge in [-0.05, 0) is 44.2 Å². The van der Waals surface area contributed by atoms with E-state index in [9.17, 15) is 18.0 Å². The Kier molecular flexibility index (Phi) is 6.83. The summed E-state index contributed by atoms with van der Waals surface area (Å²) in [6.07, 6.45) is -0.506. The molecule has 1 aromatic heterocycles. The Hall–Kier alpha value is -1.98. The minimum atomic E-state index is -3.92. The summed E-state index contributed by atoms with van der Waals surface area (Å²) in [4.78, 5) is 24.4. The molecule has 3 rings (SSSR count). The second-order valence-electron chi connectivity index (χ2n) is 6.83. The van der Waals surface area contributed by atoms with Gasteiger partial charge in [-0.25, -0.2) is 13.2 Å². The molecule has 0 radical (unpaired) electrons. The quantitative estimate of drug-likeness (QED) is 0.670. The van der Waals surface area contributed by atoms with E-state index in [4.69, 9.17) is 16.3 Å². The van der Waals surface area contributed by atoms with Gasteiger partial charge in [0.1, 0.15) is 9.77 Å². The largest absolute Gasteiger partial charge is 0.465 e. The number of carbonyl (C=O) groups is 2. The van der Waals surface area contributed by atoms with E-state index in [0.717, 1.165) is 11.3 Å². The van der Waals surface area contributed by atoms with Crippen LogP contribution >= 0.6 is 22.9 Å². The predicted molar refractivity (Wildman–Crippen MR) is 114 cm³/mol. The first-order chi connectivity index (χ1) is 14.1. The fourth-order valence-electron chi connectivity index (χ4n) is 3.11. The zero-order valence-corrected chi connectivity index (χ0v) is 18.9. The molecule has 1 aromatic carbocycles. The van der Waals surface area contributed by atoms with Crippen LogP contribution in [0.15, 0.2) is 35.2 Å². The molecule has 2 aromatic rings. The number of hydrogen-bond acceptors (Lipinski definition) is 7. The third kappa shape index (κ3) is 4.84. The number of morpholine rings is 1. The van der Waals surface area contributed by atoms with Crippen LogP contribution in [0.3, 0.4) is 0 Å². The molecule has 11 heteroatoms. The van der Waals surface area contributed by atoms with Crippen LogP contribution < -0.4 is 5.32 Å². The van der Waals surface area contributed by atoms with Crippen molar-refractivity contribution in [2.75, 3.05) is 25.5 Å². The maximum Gasteiger partial charge on any atom is 0.348 e. The van der Waals surface area contributed by atoms with Crippen LogP contribution in [0.1, 0.15) is 33.9 Å². The smallest absolute Gasteiger partial charge is 0.348 e. The molecule has 8 nitrogen and oxygen atoms in total. The van der Waals surface area contributed by atoms with Gasteiger partial charge < -0.3 is 14.8 Å². The lowest BCUT2D eigenvalue weighted by Crippen LogP contribution is -2.48. The second-order valence-corrected chi connectivity index (χ2v) is 10.2. The first-order valence-electron chi connectivity index (χ1n) is 9.06. The number of thiophene rings is 1. The third-order valence-electron chi connectivity index (χ3n) is 4.43. The van der Waals surface area contributed by atoms with Crippen LogP contribution in [0.25, 0.3) is 0 Å². The minimum Gasteiger partial charge on any atom is -0.465 e. The van der Waals surface area contributed by atoms with Crippen molar-refractivity contribution in [1.29, 1.82) is 0 Å². The van der Waals surface area contributed by atoms with Gasteiger partial charge in [-0.1, -0.05) is 11.6 Å². The lowest BCUT2D eigenvalue weighted by Gasteiger charge is -2.34. The molecule has 1 fully saturated rings. The highest BCUT2D eigenvalue weighted by molar-refractivity contribution is 7.89. The van der Waals surface area contributed by atoms with Gasteiger partial charge >= 0.3 is 5.97 Å². The molecule has 1 aliphatic rings. The number of anilines is 1. The zero-order valence-electron chi connectivity index (χ0n) is 16.5. The number of esters is 1. The van der Waals surface area contributed by atoms with Crippen LogP contribution in [-0.4, -0.2) is 57.0 Å². The summed E-state index contributed by atoms with van der Waals surface area (Å²) in [5.41, 5.74) is 0.125. The van der Waals surface area contributed by atoms with Crippen LogP contribution in [-0.2, 0) is 19.5 Å². The average Bonchev–Trinajstić information content (AvgIpc) is 3.15. The Balaban J connectivity index is 1.84. The lowest BCUT2D eigenvalue weighted by atomic mass is 10.2. The van der Waals surface area contributed by atoms with E-state index in [-0.39, 0.29) is 40.8 Å². The van der Waals surface area contributed by atoms with E-state index in [1.54, 1.807) is 19.9 Å². The van der Waals surface area contributed by atoms with E-state index in [1.165, 1.54) is 35.7 Å². The highest BCUT2D eigenvalue weighted by Crippen LogP contribution is 2.29. The van der Waals surface area contributed by atoms with Gasteiger partial charge in [-0.15, -0.1) is 11.3 Å². The zero-order chi connectivity index (χ0) is 22.1. The highest BCUT2D eigenvalue weighted by atomic mass is 35.5. The first-order valence-corrected chi connectivity index (χ1v) is 11.7. The van der Waals surface area contributed by atoms with Crippen molar-refractivity contribution < 1.29 is 27.5 Å². The Morgan fingerprint density at radius 1 is 1.20 bits per heavy atom. The van der Waals surface area contributed by atoms with E-state index < -0.39 is 21.9 Å². The van der Waals surface area contributed by atoms with Gasteiger partial charge in [-0.2, -0.15) is 4.31 Å². The number of nitrogens with one attached hydrogen (secondary N) is 1. The molecule has 1 saturated heterocycles. The number of nitrogens with zero attached hydrogens (tertiary/aromatic N) is 1. The molecule has 2 heterocycles. The number of rotatable bonds is 5. The van der Waals surface area contributed by atoms with Crippen molar-refractivity contribution in [3.8, 4) is 0 Å². The van der Waals surface area contributed by atoms with Gasteiger partial charge in [0, 0.05) is 18.7 Å². The topological polar surface area (TPSA) is 102 Å². The van der Waals surface area contributed by atoms with Crippen molar-refractivity contribution in [1.82, 2.24) is 4.31 Å². The number of hydrogen-bond donors (Lipinski definition) is 1. The molecule has 0 unspecified atom stereocenters. The minimum absolute atomic E-state index is 0.0300. The Bertz CT molecular complexity index is 1060. The normalized spacial score (nSPS) is 20.0. The van der Waals surface area contributed by atoms with Crippen LogP contribution in [0.5, 0.6) is 0 Å². The number of methoxy groups -OCH3 is 1. The summed E-state index contributed by atoms with van der Waals surface area (Å²) in [6, 6.07) is 7.18. The molecule has 1 amide bonds. The van der Waals surface area contributed by atoms with E-state index >= 15 is 0 Å². The molecule has 0 spiro atoms. The van der Waals surface area contributed by atoms with Crippen molar-refractivity contribution in [3.05, 3.63) is 45.8 Å². The number of sulfonamides is 1. The number of ether oxygens (including phenoxy) is 2. The highest BCUT2D eigenvalue weighted by Gasteiger charge is 2.34. The van der Waals surface area contributed by atoms with E-state index in [0.29, 0.717) is 9.88 Å². The molecule has 1 aliphatic heterocycles. The maximum atomic E-state index is 13.1. The molecule has 1 N–H and O–H groups in total. The summed E-state index contributed by atoms with van der Waals surface area (Å²) < 4.78 is 37.9. The SMILES string of the molecule is COC(=O)c1ccc(NC(=O)c2ccc(Cl)c(S(=O)(=O)N3C[C@@H](C)O[C@H](C)C3)c2)s1. The van der Waals surface area contributed by atoms with Crippen LogP contribution in [0, 0.1) is 0 Å². The van der Waals surface area contributed by atoms with Gasteiger partial charge in [0.15, 0.2) is 0 Å². The van der Waals surface area contributed by atoms with Crippen LogP contribution in [0.2, 0.25) is 5.02 Å². The lowest BCUT2D eigenvalue weighted by molar-refractivity contribution is -0.0440. The number of carbonyl (C=O) groups excluding carboxylic acids is 2. The number of halogens is 1. The molecule has 0 bridgehead atoms. The molecule has 30 heavy (non-hydrogen) atoms. The van der Waals surface area contributed by atoms with Gasteiger partial charge in [0.05, 0.1) is 29.3 Å². The van der Waals surface area contributed by atoms with Crippen molar-refractivity contribution in [2.45, 2.75) is 31.0 Å². The van der Waals surface area contributed by atoms with Gasteiger partial charge in [0.2, 0.25) is 10.0 Å². The fourth-order valence-corrected chi connectivity index (χ4v) is 6.02. The second kappa shape index (κ2) is 9.03. The summed E-state index contributed by atoms with van der Waals surface area (Å²) >= 11 is 7.23. The average molecular weight is 473 g/mol. The summed E-state index contributed by atoms with van der Waals surface area (Å²) in [6.45, 7) is 4.00. The predicted octanol–water partition coefficient (Wildman–Crippen LogP) is 3.24. The molecule has 0 saturated carbocycles. The number of benzene rings is 1. The Morgan fingerprint density at radius 3 is 2.50 bits per heavy atom. The van der Waals surface area contributed by atoms with E-state index in [1.807, 2.05) is 0 Å². The van der Waals surface area contributed by atoms with E-state index in [2.05, 4.69) is 10.1 Å². The summed E-state index contributed by atoms with van der Waals surface area (Å²) in [7, 11) is -2.65. The first kappa shape index (κ1) is 22.7. The van der Waals surface area contributed by atoms with Crippen molar-refractivity contribution in [2.24, 2.45) is 0 Å². The number of amides is 1. The monoisotopic (exact) mass is 472 g/mol. The van der Waals surface area contributed by atoms with Crippen molar-refractivity contribution >= 4 is 49.8 Å². The van der Waals surface area contributed by atoms with Gasteiger partial charge in [-0.3, -0.25) is 4.79 Å². The summed E-state index contributed by atoms with van der Waals surface area (Å²) in [5.74, 6) is -1.03. The molecule has 2 atom stereocenters. The third-order valence-corrected chi connectivity index (χ3v) is 7.72. The molecule has 162 valence electrons. The molecular formula is C19H21ClN2O6S2. The summed E-state index contributed by atoms with van der Waals surface area (Å²) in [5, 5.41) is 3.11. The molecular weight excluding hydrogens is 452 g/mol. The molecule has 0 aliphatic carbocycles. The Labute approximate surface area is 183 Å².